The minimum atomic E-state index is -0.308. The fraction of sp³-hybridized carbons (Fsp3) is 0.238. The molecule has 2 aromatic rings. The average Bonchev–Trinajstić information content (AvgIpc) is 2.94. The zero-order chi connectivity index (χ0) is 16.8. The maximum atomic E-state index is 6.08. The van der Waals surface area contributed by atoms with E-state index in [0.717, 1.165) is 11.1 Å². The highest BCUT2D eigenvalue weighted by Gasteiger charge is 2.41. The lowest BCUT2D eigenvalue weighted by Gasteiger charge is -2.21. The van der Waals surface area contributed by atoms with Gasteiger partial charge < -0.3 is 14.2 Å². The van der Waals surface area contributed by atoms with Gasteiger partial charge in [0, 0.05) is 0 Å². The highest BCUT2D eigenvalue weighted by molar-refractivity contribution is 5.17. The summed E-state index contributed by atoms with van der Waals surface area (Å²) in [7, 11) is 0. The Morgan fingerprint density at radius 3 is 1.96 bits per heavy atom. The summed E-state index contributed by atoms with van der Waals surface area (Å²) < 4.78 is 17.9. The summed E-state index contributed by atoms with van der Waals surface area (Å²) in [6.07, 6.45) is 0.935. The molecule has 1 fully saturated rings. The average molecular weight is 322 g/mol. The highest BCUT2D eigenvalue weighted by atomic mass is 16.6. The van der Waals surface area contributed by atoms with Crippen LogP contribution in [0.4, 0.5) is 0 Å². The smallest absolute Gasteiger partial charge is 0.145 e. The van der Waals surface area contributed by atoms with E-state index in [9.17, 15) is 0 Å². The molecular weight excluding hydrogens is 300 g/mol. The van der Waals surface area contributed by atoms with Crippen LogP contribution in [0.25, 0.3) is 0 Å². The molecule has 3 rings (SSSR count). The number of ether oxygens (including phenoxy) is 3. The third kappa shape index (κ3) is 3.94. The Morgan fingerprint density at radius 1 is 0.875 bits per heavy atom. The van der Waals surface area contributed by atoms with Crippen molar-refractivity contribution in [1.82, 2.24) is 0 Å². The molecule has 0 radical (unpaired) electrons. The van der Waals surface area contributed by atoms with Gasteiger partial charge in [-0.2, -0.15) is 0 Å². The standard InChI is InChI=1S/C21H22O3/c1-3-19-21(23-15-18-12-8-5-9-13-18)20(16(2)24-19)22-14-17-10-6-4-7-11-17/h3-13,19-21H,1-2,14-15H2/t19-,20+,21+/m0/s1. The second kappa shape index (κ2) is 7.95. The van der Waals surface area contributed by atoms with Crippen LogP contribution in [0, 0.1) is 0 Å². The third-order valence-corrected chi connectivity index (χ3v) is 4.02. The monoisotopic (exact) mass is 322 g/mol. The van der Waals surface area contributed by atoms with E-state index in [0.29, 0.717) is 19.0 Å². The molecule has 1 saturated heterocycles. The minimum Gasteiger partial charge on any atom is -0.486 e. The molecular formula is C21H22O3. The van der Waals surface area contributed by atoms with Crippen LogP contribution in [0.1, 0.15) is 11.1 Å². The molecule has 1 aliphatic rings. The maximum absolute atomic E-state index is 6.08. The van der Waals surface area contributed by atoms with E-state index in [1.165, 1.54) is 0 Å². The Hall–Kier alpha value is -2.36. The summed E-state index contributed by atoms with van der Waals surface area (Å²) in [5.74, 6) is 0.592. The van der Waals surface area contributed by atoms with Gasteiger partial charge in [-0.3, -0.25) is 0 Å². The van der Waals surface area contributed by atoms with Crippen LogP contribution >= 0.6 is 0 Å². The lowest BCUT2D eigenvalue weighted by molar-refractivity contribution is -0.0633. The molecule has 0 amide bonds. The molecule has 3 atom stereocenters. The van der Waals surface area contributed by atoms with Crippen molar-refractivity contribution in [2.45, 2.75) is 31.5 Å². The Labute approximate surface area is 143 Å². The normalized spacial score (nSPS) is 23.0. The van der Waals surface area contributed by atoms with Gasteiger partial charge in [-0.25, -0.2) is 0 Å². The Bertz CT molecular complexity index is 666. The van der Waals surface area contributed by atoms with E-state index in [4.69, 9.17) is 14.2 Å². The molecule has 0 aliphatic carbocycles. The van der Waals surface area contributed by atoms with Gasteiger partial charge in [0.15, 0.2) is 0 Å². The molecule has 3 heteroatoms. The summed E-state index contributed by atoms with van der Waals surface area (Å²) >= 11 is 0. The van der Waals surface area contributed by atoms with Gasteiger partial charge in [0.1, 0.15) is 24.1 Å². The quantitative estimate of drug-likeness (QED) is 0.713. The highest BCUT2D eigenvalue weighted by Crippen LogP contribution is 2.30. The molecule has 1 heterocycles. The summed E-state index contributed by atoms with van der Waals surface area (Å²) in [6.45, 7) is 8.80. The maximum Gasteiger partial charge on any atom is 0.145 e. The summed E-state index contributed by atoms with van der Waals surface area (Å²) in [5.41, 5.74) is 2.22. The predicted molar refractivity (Wildman–Crippen MR) is 94.2 cm³/mol. The summed E-state index contributed by atoms with van der Waals surface area (Å²) in [5, 5.41) is 0. The molecule has 0 saturated carbocycles. The van der Waals surface area contributed by atoms with E-state index in [1.807, 2.05) is 60.7 Å². The molecule has 1 aliphatic heterocycles. The Balaban J connectivity index is 1.65. The van der Waals surface area contributed by atoms with Gasteiger partial charge in [0.25, 0.3) is 0 Å². The zero-order valence-electron chi connectivity index (χ0n) is 13.6. The SMILES string of the molecule is C=C[C@@H]1OC(=C)[C@@H](OCc2ccccc2)[C@@H]1OCc1ccccc1. The van der Waals surface area contributed by atoms with Crippen LogP contribution in [0.5, 0.6) is 0 Å². The van der Waals surface area contributed by atoms with Gasteiger partial charge in [0.2, 0.25) is 0 Å². The molecule has 124 valence electrons. The van der Waals surface area contributed by atoms with Crippen molar-refractivity contribution < 1.29 is 14.2 Å². The first-order chi connectivity index (χ1) is 11.8. The lowest BCUT2D eigenvalue weighted by atomic mass is 10.1. The topological polar surface area (TPSA) is 27.7 Å². The van der Waals surface area contributed by atoms with Crippen LogP contribution in [-0.2, 0) is 27.4 Å². The molecule has 0 bridgehead atoms. The second-order valence-electron chi connectivity index (χ2n) is 5.76. The fourth-order valence-electron chi connectivity index (χ4n) is 2.74. The van der Waals surface area contributed by atoms with Crippen molar-refractivity contribution in [3.05, 3.63) is 96.8 Å². The number of benzene rings is 2. The van der Waals surface area contributed by atoms with Crippen LogP contribution in [0.15, 0.2) is 85.7 Å². The molecule has 0 unspecified atom stereocenters. The first kappa shape index (κ1) is 16.5. The van der Waals surface area contributed by atoms with Crippen molar-refractivity contribution in [1.29, 1.82) is 0 Å². The molecule has 2 aromatic carbocycles. The fourth-order valence-corrected chi connectivity index (χ4v) is 2.74. The Kier molecular flexibility index (Phi) is 5.47. The van der Waals surface area contributed by atoms with Crippen LogP contribution in [0.2, 0.25) is 0 Å². The van der Waals surface area contributed by atoms with Gasteiger partial charge >= 0.3 is 0 Å². The first-order valence-corrected chi connectivity index (χ1v) is 8.07. The lowest BCUT2D eigenvalue weighted by Crippen LogP contribution is -2.33. The van der Waals surface area contributed by atoms with Gasteiger partial charge in [0.05, 0.1) is 13.2 Å². The van der Waals surface area contributed by atoms with E-state index in [2.05, 4.69) is 13.2 Å². The van der Waals surface area contributed by atoms with Crippen LogP contribution in [-0.4, -0.2) is 18.3 Å². The number of hydrogen-bond acceptors (Lipinski definition) is 3. The zero-order valence-corrected chi connectivity index (χ0v) is 13.6. The summed E-state index contributed by atoms with van der Waals surface area (Å²) in [4.78, 5) is 0. The molecule has 0 N–H and O–H groups in total. The van der Waals surface area contributed by atoms with Gasteiger partial charge in [-0.05, 0) is 17.2 Å². The molecule has 3 nitrogen and oxygen atoms in total. The number of rotatable bonds is 7. The van der Waals surface area contributed by atoms with Crippen LogP contribution in [0.3, 0.4) is 0 Å². The van der Waals surface area contributed by atoms with Crippen LogP contribution < -0.4 is 0 Å². The second-order valence-corrected chi connectivity index (χ2v) is 5.76. The molecule has 0 spiro atoms. The number of hydrogen-bond donors (Lipinski definition) is 0. The van der Waals surface area contributed by atoms with Crippen molar-refractivity contribution in [3.8, 4) is 0 Å². The van der Waals surface area contributed by atoms with E-state index in [1.54, 1.807) is 6.08 Å². The van der Waals surface area contributed by atoms with Gasteiger partial charge in [-0.1, -0.05) is 73.8 Å². The van der Waals surface area contributed by atoms with E-state index < -0.39 is 0 Å². The minimum absolute atomic E-state index is 0.248. The first-order valence-electron chi connectivity index (χ1n) is 8.07. The molecule has 24 heavy (non-hydrogen) atoms. The predicted octanol–water partition coefficient (Wildman–Crippen LogP) is 4.26. The van der Waals surface area contributed by atoms with Crippen molar-refractivity contribution >= 4 is 0 Å². The van der Waals surface area contributed by atoms with Crippen molar-refractivity contribution in [2.75, 3.05) is 0 Å². The van der Waals surface area contributed by atoms with E-state index in [-0.39, 0.29) is 18.3 Å². The Morgan fingerprint density at radius 2 is 1.42 bits per heavy atom. The summed E-state index contributed by atoms with van der Waals surface area (Å²) in [6, 6.07) is 20.1. The van der Waals surface area contributed by atoms with Crippen molar-refractivity contribution in [3.63, 3.8) is 0 Å². The van der Waals surface area contributed by atoms with Gasteiger partial charge in [-0.15, -0.1) is 0 Å². The van der Waals surface area contributed by atoms with E-state index >= 15 is 0 Å². The third-order valence-electron chi connectivity index (χ3n) is 4.02. The van der Waals surface area contributed by atoms with Crippen molar-refractivity contribution in [2.24, 2.45) is 0 Å². The molecule has 0 aromatic heterocycles. The largest absolute Gasteiger partial charge is 0.486 e.